The number of amides is 1. The summed E-state index contributed by atoms with van der Waals surface area (Å²) in [7, 11) is 1.58. The Morgan fingerprint density at radius 2 is 1.94 bits per heavy atom. The standard InChI is InChI=1S/C13H15NO3/c1-14(10-9-13(16)17)12(15)8-7-11-5-3-2-4-6-11/h2-8H,9-10H2,1H3,(H,16,17). The molecule has 0 bridgehead atoms. The molecule has 17 heavy (non-hydrogen) atoms. The number of carbonyl (C=O) groups is 2. The molecule has 0 aliphatic carbocycles. The second-order valence-electron chi connectivity index (χ2n) is 3.65. The molecule has 4 heteroatoms. The molecule has 1 amide bonds. The third kappa shape index (κ3) is 4.97. The normalized spacial score (nSPS) is 10.4. The number of hydrogen-bond acceptors (Lipinski definition) is 2. The van der Waals surface area contributed by atoms with Gasteiger partial charge in [0, 0.05) is 19.7 Å². The first-order chi connectivity index (χ1) is 8.09. The van der Waals surface area contributed by atoms with Gasteiger partial charge in [0.1, 0.15) is 0 Å². The minimum absolute atomic E-state index is 0.0403. The number of benzene rings is 1. The van der Waals surface area contributed by atoms with Gasteiger partial charge in [0.25, 0.3) is 0 Å². The van der Waals surface area contributed by atoms with Crippen LogP contribution in [-0.4, -0.2) is 35.5 Å². The van der Waals surface area contributed by atoms with Gasteiger partial charge in [-0.15, -0.1) is 0 Å². The minimum atomic E-state index is -0.906. The third-order valence-electron chi connectivity index (χ3n) is 2.26. The fraction of sp³-hybridized carbons (Fsp3) is 0.231. The van der Waals surface area contributed by atoms with Crippen molar-refractivity contribution < 1.29 is 14.7 Å². The average Bonchev–Trinajstić information content (AvgIpc) is 2.34. The van der Waals surface area contributed by atoms with E-state index < -0.39 is 5.97 Å². The van der Waals surface area contributed by atoms with Crippen molar-refractivity contribution in [2.45, 2.75) is 6.42 Å². The van der Waals surface area contributed by atoms with Gasteiger partial charge in [-0.05, 0) is 11.6 Å². The van der Waals surface area contributed by atoms with Crippen molar-refractivity contribution in [2.24, 2.45) is 0 Å². The van der Waals surface area contributed by atoms with Crippen LogP contribution in [0.5, 0.6) is 0 Å². The largest absolute Gasteiger partial charge is 0.481 e. The fourth-order valence-corrected chi connectivity index (χ4v) is 1.23. The Hall–Kier alpha value is -2.10. The summed E-state index contributed by atoms with van der Waals surface area (Å²) >= 11 is 0. The maximum absolute atomic E-state index is 11.6. The number of carboxylic acid groups (broad SMARTS) is 1. The van der Waals surface area contributed by atoms with Crippen molar-refractivity contribution in [2.75, 3.05) is 13.6 Å². The van der Waals surface area contributed by atoms with Crippen LogP contribution in [0.15, 0.2) is 36.4 Å². The molecular weight excluding hydrogens is 218 g/mol. The maximum atomic E-state index is 11.6. The van der Waals surface area contributed by atoms with E-state index in [1.807, 2.05) is 30.3 Å². The molecular formula is C13H15NO3. The number of carbonyl (C=O) groups excluding carboxylic acids is 1. The van der Waals surface area contributed by atoms with Gasteiger partial charge in [-0.1, -0.05) is 30.3 Å². The molecule has 0 atom stereocenters. The predicted molar refractivity (Wildman–Crippen MR) is 65.4 cm³/mol. The molecule has 0 radical (unpaired) electrons. The van der Waals surface area contributed by atoms with Crippen molar-refractivity contribution in [3.63, 3.8) is 0 Å². The molecule has 0 saturated carbocycles. The third-order valence-corrected chi connectivity index (χ3v) is 2.26. The molecule has 1 rings (SSSR count). The van der Waals surface area contributed by atoms with E-state index in [0.717, 1.165) is 5.56 Å². The topological polar surface area (TPSA) is 57.6 Å². The monoisotopic (exact) mass is 233 g/mol. The van der Waals surface area contributed by atoms with E-state index in [2.05, 4.69) is 0 Å². The summed E-state index contributed by atoms with van der Waals surface area (Å²) in [4.78, 5) is 23.3. The van der Waals surface area contributed by atoms with Gasteiger partial charge >= 0.3 is 5.97 Å². The highest BCUT2D eigenvalue weighted by Crippen LogP contribution is 2.01. The Morgan fingerprint density at radius 1 is 1.29 bits per heavy atom. The summed E-state index contributed by atoms with van der Waals surface area (Å²) in [5, 5.41) is 8.50. The molecule has 1 N–H and O–H groups in total. The van der Waals surface area contributed by atoms with E-state index >= 15 is 0 Å². The number of hydrogen-bond donors (Lipinski definition) is 1. The quantitative estimate of drug-likeness (QED) is 0.786. The lowest BCUT2D eigenvalue weighted by Gasteiger charge is -2.13. The molecule has 1 aromatic carbocycles. The SMILES string of the molecule is CN(CCC(=O)O)C(=O)C=Cc1ccccc1. The number of nitrogens with zero attached hydrogens (tertiary/aromatic N) is 1. The highest BCUT2D eigenvalue weighted by Gasteiger charge is 2.06. The zero-order chi connectivity index (χ0) is 12.7. The summed E-state index contributed by atoms with van der Waals surface area (Å²) in [5.74, 6) is -1.10. The molecule has 90 valence electrons. The molecule has 0 fully saturated rings. The molecule has 0 saturated heterocycles. The molecule has 0 aromatic heterocycles. The second kappa shape index (κ2) is 6.48. The van der Waals surface area contributed by atoms with Crippen LogP contribution >= 0.6 is 0 Å². The summed E-state index contributed by atoms with van der Waals surface area (Å²) in [5.41, 5.74) is 0.937. The lowest BCUT2D eigenvalue weighted by atomic mass is 10.2. The van der Waals surface area contributed by atoms with Crippen LogP contribution in [0.3, 0.4) is 0 Å². The van der Waals surface area contributed by atoms with Crippen LogP contribution in [0, 0.1) is 0 Å². The number of aliphatic carboxylic acids is 1. The van der Waals surface area contributed by atoms with Crippen LogP contribution in [-0.2, 0) is 9.59 Å². The Morgan fingerprint density at radius 3 is 2.53 bits per heavy atom. The first-order valence-corrected chi connectivity index (χ1v) is 5.29. The van der Waals surface area contributed by atoms with Crippen LogP contribution in [0.1, 0.15) is 12.0 Å². The highest BCUT2D eigenvalue weighted by atomic mass is 16.4. The first-order valence-electron chi connectivity index (χ1n) is 5.29. The summed E-state index contributed by atoms with van der Waals surface area (Å²) in [6.45, 7) is 0.216. The average molecular weight is 233 g/mol. The van der Waals surface area contributed by atoms with Gasteiger partial charge in [-0.2, -0.15) is 0 Å². The molecule has 4 nitrogen and oxygen atoms in total. The van der Waals surface area contributed by atoms with Crippen LogP contribution < -0.4 is 0 Å². The second-order valence-corrected chi connectivity index (χ2v) is 3.65. The van der Waals surface area contributed by atoms with E-state index in [-0.39, 0.29) is 18.9 Å². The van der Waals surface area contributed by atoms with Gasteiger partial charge in [0.2, 0.25) is 5.91 Å². The Labute approximate surface area is 100 Å². The fourth-order valence-electron chi connectivity index (χ4n) is 1.23. The summed E-state index contributed by atoms with van der Waals surface area (Å²) < 4.78 is 0. The summed E-state index contributed by atoms with van der Waals surface area (Å²) in [6, 6.07) is 9.46. The van der Waals surface area contributed by atoms with E-state index in [0.29, 0.717) is 0 Å². The Balaban J connectivity index is 2.48. The lowest BCUT2D eigenvalue weighted by molar-refractivity contribution is -0.137. The van der Waals surface area contributed by atoms with Gasteiger partial charge in [0.15, 0.2) is 0 Å². The zero-order valence-corrected chi connectivity index (χ0v) is 9.67. The summed E-state index contributed by atoms with van der Waals surface area (Å²) in [6.07, 6.45) is 3.11. The number of carboxylic acids is 1. The minimum Gasteiger partial charge on any atom is -0.481 e. The van der Waals surface area contributed by atoms with E-state index in [1.54, 1.807) is 13.1 Å². The smallest absolute Gasteiger partial charge is 0.305 e. The van der Waals surface area contributed by atoms with E-state index in [1.165, 1.54) is 11.0 Å². The highest BCUT2D eigenvalue weighted by molar-refractivity contribution is 5.91. The van der Waals surface area contributed by atoms with Crippen molar-refractivity contribution in [1.29, 1.82) is 0 Å². The maximum Gasteiger partial charge on any atom is 0.305 e. The van der Waals surface area contributed by atoms with Crippen LogP contribution in [0.4, 0.5) is 0 Å². The van der Waals surface area contributed by atoms with Crippen LogP contribution in [0.2, 0.25) is 0 Å². The number of likely N-dealkylation sites (N-methyl/N-ethyl adjacent to an activating group) is 1. The molecule has 0 spiro atoms. The number of rotatable bonds is 5. The first kappa shape index (κ1) is 13.0. The Bertz CT molecular complexity index is 412. The van der Waals surface area contributed by atoms with Crippen molar-refractivity contribution in [3.05, 3.63) is 42.0 Å². The van der Waals surface area contributed by atoms with E-state index in [4.69, 9.17) is 5.11 Å². The zero-order valence-electron chi connectivity index (χ0n) is 9.67. The van der Waals surface area contributed by atoms with Crippen molar-refractivity contribution >= 4 is 18.0 Å². The van der Waals surface area contributed by atoms with Crippen molar-refractivity contribution in [1.82, 2.24) is 4.90 Å². The molecule has 0 heterocycles. The van der Waals surface area contributed by atoms with Gasteiger partial charge in [-0.3, -0.25) is 9.59 Å². The molecule has 0 aliphatic heterocycles. The van der Waals surface area contributed by atoms with Gasteiger partial charge in [0.05, 0.1) is 6.42 Å². The predicted octanol–water partition coefficient (Wildman–Crippen LogP) is 1.63. The Kier molecular flexibility index (Phi) is 4.94. The molecule has 1 aromatic rings. The van der Waals surface area contributed by atoms with Gasteiger partial charge < -0.3 is 10.0 Å². The van der Waals surface area contributed by atoms with Gasteiger partial charge in [-0.25, -0.2) is 0 Å². The lowest BCUT2D eigenvalue weighted by Crippen LogP contribution is -2.27. The molecule has 0 aliphatic rings. The van der Waals surface area contributed by atoms with Crippen LogP contribution in [0.25, 0.3) is 6.08 Å². The van der Waals surface area contributed by atoms with Crippen molar-refractivity contribution in [3.8, 4) is 0 Å². The van der Waals surface area contributed by atoms with E-state index in [9.17, 15) is 9.59 Å². The molecule has 0 unspecified atom stereocenters.